The Morgan fingerprint density at radius 1 is 0.600 bits per heavy atom. The Bertz CT molecular complexity index is 1520. The van der Waals surface area contributed by atoms with E-state index in [4.69, 9.17) is 28.4 Å². The van der Waals surface area contributed by atoms with Gasteiger partial charge in [0, 0.05) is 60.8 Å². The smallest absolute Gasteiger partial charge is 0.334 e. The molecule has 0 N–H and O–H groups in total. The van der Waals surface area contributed by atoms with Crippen LogP contribution in [0.25, 0.3) is 0 Å². The highest BCUT2D eigenvalue weighted by Gasteiger charge is 2.48. The summed E-state index contributed by atoms with van der Waals surface area (Å²) < 4.78 is 33.7. The zero-order valence-corrected chi connectivity index (χ0v) is 28.3. The number of fused-ring (bicyclic) bond motifs is 4. The van der Waals surface area contributed by atoms with E-state index >= 15 is 0 Å². The first kappa shape index (κ1) is 35.1. The predicted molar refractivity (Wildman–Crippen MR) is 174 cm³/mol. The van der Waals surface area contributed by atoms with Crippen molar-refractivity contribution in [3.05, 3.63) is 70.9 Å². The molecule has 12 nitrogen and oxygen atoms in total. The highest BCUT2D eigenvalue weighted by molar-refractivity contribution is 5.94. The third kappa shape index (κ3) is 7.69. The molecule has 2 saturated heterocycles. The molecule has 0 unspecified atom stereocenters. The molecule has 0 aromatic heterocycles. The van der Waals surface area contributed by atoms with E-state index in [9.17, 15) is 28.8 Å². The summed E-state index contributed by atoms with van der Waals surface area (Å²) in [6, 6.07) is 0. The monoisotopic (exact) mass is 690 g/mol. The normalized spacial score (nSPS) is 34.0. The third-order valence-corrected chi connectivity index (χ3v) is 10.0. The molecule has 8 atom stereocenters. The van der Waals surface area contributed by atoms with Gasteiger partial charge in [-0.15, -0.1) is 0 Å². The summed E-state index contributed by atoms with van der Waals surface area (Å²) in [6.45, 7) is 11.5. The second-order valence-electron chi connectivity index (χ2n) is 13.9. The number of hydrogen-bond acceptors (Lipinski definition) is 12. The van der Waals surface area contributed by atoms with Crippen LogP contribution in [0.15, 0.2) is 70.9 Å². The van der Waals surface area contributed by atoms with Gasteiger partial charge in [0.2, 0.25) is 0 Å². The number of unbranched alkanes of at least 4 members (excludes halogenated alkanes) is 3. The zero-order chi connectivity index (χ0) is 35.7. The largest absolute Gasteiger partial charge is 0.458 e. The number of carbonyl (C=O) groups excluding carboxylic acids is 6. The number of esters is 6. The van der Waals surface area contributed by atoms with Crippen LogP contribution in [0.2, 0.25) is 0 Å². The van der Waals surface area contributed by atoms with Crippen LogP contribution in [-0.2, 0) is 57.2 Å². The lowest BCUT2D eigenvalue weighted by Gasteiger charge is -2.26. The average molecular weight is 691 g/mol. The molecule has 50 heavy (non-hydrogen) atoms. The van der Waals surface area contributed by atoms with Gasteiger partial charge in [0.25, 0.3) is 0 Å². The summed E-state index contributed by atoms with van der Waals surface area (Å²) in [5.41, 5.74) is 2.96. The fourth-order valence-electron chi connectivity index (χ4n) is 7.53. The van der Waals surface area contributed by atoms with Crippen molar-refractivity contribution in [3.63, 3.8) is 0 Å². The van der Waals surface area contributed by atoms with Gasteiger partial charge >= 0.3 is 35.8 Å². The number of ether oxygens (including phenoxy) is 6. The van der Waals surface area contributed by atoms with Crippen molar-refractivity contribution in [2.75, 3.05) is 0 Å². The van der Waals surface area contributed by atoms with Crippen LogP contribution in [0, 0.1) is 11.8 Å². The molecule has 4 heterocycles. The molecular formula is C38H42O12. The summed E-state index contributed by atoms with van der Waals surface area (Å²) >= 11 is 0. The van der Waals surface area contributed by atoms with Crippen LogP contribution < -0.4 is 0 Å². The molecule has 0 aromatic carbocycles. The highest BCUT2D eigenvalue weighted by Crippen LogP contribution is 2.40. The lowest BCUT2D eigenvalue weighted by molar-refractivity contribution is -0.151. The van der Waals surface area contributed by atoms with Gasteiger partial charge in [0.1, 0.15) is 36.6 Å². The van der Waals surface area contributed by atoms with E-state index in [-0.39, 0.29) is 36.8 Å². The lowest BCUT2D eigenvalue weighted by Crippen LogP contribution is -2.33. The van der Waals surface area contributed by atoms with Crippen molar-refractivity contribution in [1.29, 1.82) is 0 Å². The fraction of sp³-hybridized carbons (Fsp3) is 0.526. The molecular weight excluding hydrogens is 648 g/mol. The van der Waals surface area contributed by atoms with E-state index in [1.165, 1.54) is 0 Å². The van der Waals surface area contributed by atoms with E-state index in [2.05, 4.69) is 13.2 Å². The van der Waals surface area contributed by atoms with Gasteiger partial charge in [0.15, 0.2) is 0 Å². The standard InChI is InChI=1S/C38H42O12/c1-19-11-25-15-23(37(43)45-25)17-29-33(21(3)35(41)49-29)27(13-19)47-31(39)9-7-5-6-8-10-32(40)48-28-14-20(2)12-26-16-24(38(44)46-26)18-30-34(28)22(4)36(42)50-30/h13-16,25-30,33-34H,3-12,17-18H2,1-2H3/b19-13+,20-14+/t25-,26-,27+,28+,29-,30-,33-,34-/m0/s1. The van der Waals surface area contributed by atoms with Crippen molar-refractivity contribution in [2.45, 2.75) is 115 Å². The molecule has 2 fully saturated rings. The van der Waals surface area contributed by atoms with Crippen molar-refractivity contribution in [2.24, 2.45) is 11.8 Å². The molecule has 4 bridgehead atoms. The molecule has 266 valence electrons. The summed E-state index contributed by atoms with van der Waals surface area (Å²) in [5.74, 6) is -4.16. The van der Waals surface area contributed by atoms with E-state index in [1.807, 2.05) is 13.8 Å². The number of rotatable bonds is 9. The van der Waals surface area contributed by atoms with Gasteiger partial charge in [-0.3, -0.25) is 9.59 Å². The average Bonchev–Trinajstić information content (AvgIpc) is 3.72. The Morgan fingerprint density at radius 2 is 1.00 bits per heavy atom. The molecule has 0 saturated carbocycles. The Morgan fingerprint density at radius 3 is 1.40 bits per heavy atom. The van der Waals surface area contributed by atoms with Crippen molar-refractivity contribution < 1.29 is 57.2 Å². The van der Waals surface area contributed by atoms with E-state index < -0.39 is 84.3 Å². The summed E-state index contributed by atoms with van der Waals surface area (Å²) in [6.07, 6.45) is 7.10. The minimum atomic E-state index is -0.787. The van der Waals surface area contributed by atoms with Crippen LogP contribution in [0.4, 0.5) is 0 Å². The van der Waals surface area contributed by atoms with Crippen LogP contribution in [0.5, 0.6) is 0 Å². The molecule has 6 aliphatic rings. The van der Waals surface area contributed by atoms with E-state index in [0.717, 1.165) is 11.1 Å². The van der Waals surface area contributed by atoms with E-state index in [0.29, 0.717) is 49.7 Å². The maximum atomic E-state index is 13.0. The number of hydrogen-bond donors (Lipinski definition) is 0. The quantitative estimate of drug-likeness (QED) is 0.110. The van der Waals surface area contributed by atoms with Gasteiger partial charge in [-0.2, -0.15) is 0 Å². The summed E-state index contributed by atoms with van der Waals surface area (Å²) in [7, 11) is 0. The maximum Gasteiger partial charge on any atom is 0.334 e. The van der Waals surface area contributed by atoms with Gasteiger partial charge in [-0.05, 0) is 51.0 Å². The molecule has 0 amide bonds. The second-order valence-corrected chi connectivity index (χ2v) is 13.9. The molecule has 6 rings (SSSR count). The first-order chi connectivity index (χ1) is 23.9. The molecule has 12 heteroatoms. The van der Waals surface area contributed by atoms with Gasteiger partial charge in [0.05, 0.1) is 11.8 Å². The van der Waals surface area contributed by atoms with Crippen LogP contribution in [0.1, 0.15) is 78.1 Å². The van der Waals surface area contributed by atoms with Gasteiger partial charge in [-0.1, -0.05) is 37.1 Å². The lowest BCUT2D eigenvalue weighted by atomic mass is 9.85. The maximum absolute atomic E-state index is 13.0. The Hall–Kier alpha value is -4.74. The van der Waals surface area contributed by atoms with Crippen LogP contribution in [-0.4, -0.2) is 72.4 Å². The zero-order valence-electron chi connectivity index (χ0n) is 28.3. The van der Waals surface area contributed by atoms with Crippen LogP contribution >= 0.6 is 0 Å². The summed E-state index contributed by atoms with van der Waals surface area (Å²) in [4.78, 5) is 75.6. The Labute approximate surface area is 290 Å². The topological polar surface area (TPSA) is 158 Å². The molecule has 0 radical (unpaired) electrons. The number of carbonyl (C=O) groups is 6. The molecule has 2 aliphatic carbocycles. The fourth-order valence-corrected chi connectivity index (χ4v) is 7.53. The first-order valence-electron chi connectivity index (χ1n) is 17.2. The van der Waals surface area contributed by atoms with Crippen LogP contribution in [0.3, 0.4) is 0 Å². The first-order valence-corrected chi connectivity index (χ1v) is 17.2. The highest BCUT2D eigenvalue weighted by atomic mass is 16.6. The van der Waals surface area contributed by atoms with Crippen molar-refractivity contribution in [3.8, 4) is 0 Å². The Kier molecular flexibility index (Phi) is 10.3. The van der Waals surface area contributed by atoms with Crippen molar-refractivity contribution in [1.82, 2.24) is 0 Å². The molecule has 4 aliphatic heterocycles. The minimum Gasteiger partial charge on any atom is -0.458 e. The summed E-state index contributed by atoms with van der Waals surface area (Å²) in [5, 5.41) is 0. The van der Waals surface area contributed by atoms with Crippen molar-refractivity contribution >= 4 is 35.8 Å². The van der Waals surface area contributed by atoms with Gasteiger partial charge in [-0.25, -0.2) is 19.2 Å². The predicted octanol–water partition coefficient (Wildman–Crippen LogP) is 4.53. The molecule has 0 aromatic rings. The third-order valence-electron chi connectivity index (χ3n) is 10.0. The van der Waals surface area contributed by atoms with Gasteiger partial charge < -0.3 is 28.4 Å². The van der Waals surface area contributed by atoms with E-state index in [1.54, 1.807) is 24.3 Å². The Balaban J connectivity index is 0.983. The second kappa shape index (κ2) is 14.6. The molecule has 0 spiro atoms. The minimum absolute atomic E-state index is 0.136. The SMILES string of the molecule is C=C1C(=O)O[C@H]2CC3=C[C@H](C/C(C)=C/[C@@H](OC(=O)CCCCCCC(=O)O[C@@H]4/C=C(\C)C[C@H]5C=C(C[C@@H]6OC(=O)C(=C)[C@H]64)C(=O)O5)[C@H]12)OC3=O.